The number of halogens is 2. The summed E-state index contributed by atoms with van der Waals surface area (Å²) in [7, 11) is 0. The van der Waals surface area contributed by atoms with Crippen molar-refractivity contribution in [3.63, 3.8) is 0 Å². The van der Waals surface area contributed by atoms with Crippen molar-refractivity contribution in [1.29, 1.82) is 0 Å². The van der Waals surface area contributed by atoms with Gasteiger partial charge in [-0.3, -0.25) is 4.79 Å². The largest absolute Gasteiger partial charge is 0.396 e. The number of nitrogens with one attached hydrogen (secondary N) is 1. The van der Waals surface area contributed by atoms with E-state index in [1.165, 1.54) is 37.8 Å². The van der Waals surface area contributed by atoms with E-state index in [0.29, 0.717) is 10.0 Å². The zero-order valence-electron chi connectivity index (χ0n) is 12.3. The van der Waals surface area contributed by atoms with Crippen molar-refractivity contribution in [3.8, 4) is 0 Å². The van der Waals surface area contributed by atoms with Crippen LogP contribution in [0.15, 0.2) is 16.6 Å². The molecule has 0 atom stereocenters. The van der Waals surface area contributed by atoms with E-state index in [9.17, 15) is 9.18 Å². The van der Waals surface area contributed by atoms with Crippen LogP contribution in [0.4, 0.5) is 10.1 Å². The van der Waals surface area contributed by atoms with Gasteiger partial charge in [0.2, 0.25) is 0 Å². The van der Waals surface area contributed by atoms with Crippen LogP contribution in [0.3, 0.4) is 0 Å². The molecular formula is C16H22BrFN2O. The second-order valence-electron chi connectivity index (χ2n) is 5.83. The van der Waals surface area contributed by atoms with Crippen LogP contribution in [0.1, 0.15) is 55.8 Å². The van der Waals surface area contributed by atoms with Crippen LogP contribution in [-0.4, -0.2) is 11.9 Å². The summed E-state index contributed by atoms with van der Waals surface area (Å²) in [5, 5.41) is 3.04. The van der Waals surface area contributed by atoms with Crippen LogP contribution in [0.5, 0.6) is 0 Å². The third-order valence-electron chi connectivity index (χ3n) is 4.21. The maximum Gasteiger partial charge on any atom is 0.252 e. The highest BCUT2D eigenvalue weighted by molar-refractivity contribution is 9.10. The maximum absolute atomic E-state index is 13.3. The maximum atomic E-state index is 13.3. The van der Waals surface area contributed by atoms with Crippen molar-refractivity contribution in [3.05, 3.63) is 28.0 Å². The summed E-state index contributed by atoms with van der Waals surface area (Å²) in [6, 6.07) is 2.84. The Labute approximate surface area is 133 Å². The number of nitrogens with two attached hydrogens (primary N) is 1. The normalized spacial score (nSPS) is 22.0. The summed E-state index contributed by atoms with van der Waals surface area (Å²) >= 11 is 3.22. The molecule has 5 heteroatoms. The molecule has 1 aliphatic rings. The van der Waals surface area contributed by atoms with Gasteiger partial charge in [-0.15, -0.1) is 0 Å². The van der Waals surface area contributed by atoms with E-state index < -0.39 is 5.82 Å². The highest BCUT2D eigenvalue weighted by atomic mass is 79.9. The van der Waals surface area contributed by atoms with Gasteiger partial charge in [-0.1, -0.05) is 19.8 Å². The predicted molar refractivity (Wildman–Crippen MR) is 86.6 cm³/mol. The lowest BCUT2D eigenvalue weighted by atomic mass is 9.83. The van der Waals surface area contributed by atoms with Crippen LogP contribution >= 0.6 is 15.9 Å². The number of amides is 1. The van der Waals surface area contributed by atoms with Crippen LogP contribution in [0.2, 0.25) is 0 Å². The van der Waals surface area contributed by atoms with Crippen LogP contribution in [-0.2, 0) is 0 Å². The molecule has 116 valence electrons. The molecule has 3 nitrogen and oxygen atoms in total. The molecule has 0 saturated heterocycles. The monoisotopic (exact) mass is 356 g/mol. The minimum absolute atomic E-state index is 0.00463. The lowest BCUT2D eigenvalue weighted by Gasteiger charge is -2.29. The summed E-state index contributed by atoms with van der Waals surface area (Å²) in [6.45, 7) is 2.21. The Kier molecular flexibility index (Phi) is 5.62. The molecule has 2 rings (SSSR count). The first-order valence-electron chi connectivity index (χ1n) is 7.56. The van der Waals surface area contributed by atoms with Gasteiger partial charge in [0.25, 0.3) is 5.91 Å². The third kappa shape index (κ3) is 4.19. The first kappa shape index (κ1) is 16.3. The molecule has 1 aromatic carbocycles. The van der Waals surface area contributed by atoms with Gasteiger partial charge in [-0.25, -0.2) is 4.39 Å². The molecule has 1 fully saturated rings. The van der Waals surface area contributed by atoms with E-state index in [2.05, 4.69) is 28.2 Å². The second-order valence-corrected chi connectivity index (χ2v) is 6.69. The molecule has 1 saturated carbocycles. The molecule has 0 bridgehead atoms. The fourth-order valence-electron chi connectivity index (χ4n) is 3.01. The molecule has 21 heavy (non-hydrogen) atoms. The number of hydrogen-bond acceptors (Lipinski definition) is 2. The van der Waals surface area contributed by atoms with E-state index in [4.69, 9.17) is 5.73 Å². The van der Waals surface area contributed by atoms with Crippen molar-refractivity contribution in [2.24, 2.45) is 5.92 Å². The van der Waals surface area contributed by atoms with Gasteiger partial charge < -0.3 is 11.1 Å². The minimum atomic E-state index is -0.515. The van der Waals surface area contributed by atoms with E-state index in [1.54, 1.807) is 0 Å². The lowest BCUT2D eigenvalue weighted by Crippen LogP contribution is -2.37. The Morgan fingerprint density at radius 3 is 2.67 bits per heavy atom. The van der Waals surface area contributed by atoms with Gasteiger partial charge in [0.05, 0.1) is 11.3 Å². The molecule has 1 aromatic rings. The number of hydrogen-bond donors (Lipinski definition) is 2. The van der Waals surface area contributed by atoms with Gasteiger partial charge in [0, 0.05) is 10.5 Å². The number of nitrogen functional groups attached to an aromatic ring is 1. The van der Waals surface area contributed by atoms with Crippen molar-refractivity contribution in [2.45, 2.75) is 51.5 Å². The Morgan fingerprint density at radius 2 is 2.05 bits per heavy atom. The van der Waals surface area contributed by atoms with Crippen molar-refractivity contribution < 1.29 is 9.18 Å². The average Bonchev–Trinajstić information content (AvgIpc) is 2.45. The number of anilines is 1. The standard InChI is InChI=1S/C16H22BrFN2O/c1-2-3-10-4-6-11(7-5-10)20-16(21)12-8-15(19)14(18)9-13(12)17/h8-11H,2-7,19H2,1H3,(H,20,21). The highest BCUT2D eigenvalue weighted by Crippen LogP contribution is 2.28. The average molecular weight is 357 g/mol. The first-order valence-corrected chi connectivity index (χ1v) is 8.36. The van der Waals surface area contributed by atoms with E-state index in [-0.39, 0.29) is 17.6 Å². The Morgan fingerprint density at radius 1 is 1.38 bits per heavy atom. The van der Waals surface area contributed by atoms with Gasteiger partial charge in [-0.2, -0.15) is 0 Å². The molecular weight excluding hydrogens is 335 g/mol. The molecule has 0 unspecified atom stereocenters. The molecule has 0 radical (unpaired) electrons. The molecule has 0 heterocycles. The van der Waals surface area contributed by atoms with Crippen molar-refractivity contribution in [2.75, 3.05) is 5.73 Å². The quantitative estimate of drug-likeness (QED) is 0.791. The van der Waals surface area contributed by atoms with E-state index >= 15 is 0 Å². The van der Waals surface area contributed by atoms with Crippen molar-refractivity contribution in [1.82, 2.24) is 5.32 Å². The fourth-order valence-corrected chi connectivity index (χ4v) is 3.50. The molecule has 1 amide bonds. The summed E-state index contributed by atoms with van der Waals surface area (Å²) in [6.07, 6.45) is 6.89. The van der Waals surface area contributed by atoms with Crippen LogP contribution in [0, 0.1) is 11.7 Å². The number of carbonyl (C=O) groups is 1. The number of carbonyl (C=O) groups excluding carboxylic acids is 1. The predicted octanol–water partition coefficient (Wildman–Crippen LogP) is 4.26. The van der Waals surface area contributed by atoms with Crippen LogP contribution < -0.4 is 11.1 Å². The van der Waals surface area contributed by atoms with Crippen LogP contribution in [0.25, 0.3) is 0 Å². The fraction of sp³-hybridized carbons (Fsp3) is 0.562. The Balaban J connectivity index is 1.95. The topological polar surface area (TPSA) is 55.1 Å². The molecule has 1 aliphatic carbocycles. The van der Waals surface area contributed by atoms with Gasteiger partial charge in [-0.05, 0) is 59.7 Å². The second kappa shape index (κ2) is 7.25. The summed E-state index contributed by atoms with van der Waals surface area (Å²) < 4.78 is 13.7. The number of benzene rings is 1. The third-order valence-corrected chi connectivity index (χ3v) is 4.87. The molecule has 3 N–H and O–H groups in total. The zero-order valence-corrected chi connectivity index (χ0v) is 13.9. The van der Waals surface area contributed by atoms with Gasteiger partial charge >= 0.3 is 0 Å². The van der Waals surface area contributed by atoms with Gasteiger partial charge in [0.15, 0.2) is 0 Å². The zero-order chi connectivity index (χ0) is 15.4. The SMILES string of the molecule is CCCC1CCC(NC(=O)c2cc(N)c(F)cc2Br)CC1. The number of rotatable bonds is 4. The smallest absolute Gasteiger partial charge is 0.252 e. The van der Waals surface area contributed by atoms with Gasteiger partial charge in [0.1, 0.15) is 5.82 Å². The van der Waals surface area contributed by atoms with E-state index in [0.717, 1.165) is 18.8 Å². The lowest BCUT2D eigenvalue weighted by molar-refractivity contribution is 0.0920. The van der Waals surface area contributed by atoms with Crippen molar-refractivity contribution >= 4 is 27.5 Å². The highest BCUT2D eigenvalue weighted by Gasteiger charge is 2.23. The first-order chi connectivity index (χ1) is 10.0. The molecule has 0 spiro atoms. The minimum Gasteiger partial charge on any atom is -0.396 e. The molecule has 0 aromatic heterocycles. The Bertz CT molecular complexity index is 513. The van der Waals surface area contributed by atoms with E-state index in [1.807, 2.05) is 0 Å². The molecule has 0 aliphatic heterocycles. The summed E-state index contributed by atoms with van der Waals surface area (Å²) in [5.74, 6) is 0.0994. The summed E-state index contributed by atoms with van der Waals surface area (Å²) in [4.78, 5) is 12.3. The Hall–Kier alpha value is -1.10. The summed E-state index contributed by atoms with van der Waals surface area (Å²) in [5.41, 5.74) is 5.92.